The SMILES string of the molecule is CCc1ccccc1N=C1NC(=O)/C(=C\c2ccc(OC)c(Cn3nc(C)c([N+](=O)[O-])c3C)c2)S1. The first-order valence-corrected chi connectivity index (χ1v) is 11.8. The van der Waals surface area contributed by atoms with Gasteiger partial charge < -0.3 is 10.1 Å². The molecule has 9 nitrogen and oxygen atoms in total. The molecule has 180 valence electrons. The second-order valence-corrected chi connectivity index (χ2v) is 9.00. The summed E-state index contributed by atoms with van der Waals surface area (Å²) in [5, 5.41) is 19.1. The van der Waals surface area contributed by atoms with E-state index in [1.807, 2.05) is 42.5 Å². The number of nitrogens with zero attached hydrogens (tertiary/aromatic N) is 4. The normalized spacial score (nSPS) is 15.6. The fourth-order valence-electron chi connectivity index (χ4n) is 3.94. The van der Waals surface area contributed by atoms with Crippen LogP contribution in [0.15, 0.2) is 52.4 Å². The molecule has 1 saturated heterocycles. The number of para-hydroxylation sites is 1. The number of aryl methyl sites for hydroxylation is 2. The molecule has 0 atom stereocenters. The standard InChI is InChI=1S/C25H25N5O4S/c1-5-18-8-6-7-9-20(18)26-25-27-24(31)22(35-25)13-17-10-11-21(34-4)19(12-17)14-29-16(3)23(30(32)33)15(2)28-29/h6-13H,5,14H2,1-4H3,(H,26,27,31)/b22-13+. The van der Waals surface area contributed by atoms with Gasteiger partial charge in [-0.2, -0.15) is 5.10 Å². The van der Waals surface area contributed by atoms with Gasteiger partial charge in [0, 0.05) is 5.56 Å². The number of nitrogens with one attached hydrogen (secondary N) is 1. The Kier molecular flexibility index (Phi) is 7.02. The second-order valence-electron chi connectivity index (χ2n) is 7.97. The third kappa shape index (κ3) is 5.12. The number of aromatic nitrogens is 2. The summed E-state index contributed by atoms with van der Waals surface area (Å²) < 4.78 is 7.09. The minimum Gasteiger partial charge on any atom is -0.496 e. The molecule has 1 amide bonds. The van der Waals surface area contributed by atoms with E-state index in [-0.39, 0.29) is 11.6 Å². The summed E-state index contributed by atoms with van der Waals surface area (Å²) in [5.41, 5.74) is 4.37. The van der Waals surface area contributed by atoms with E-state index < -0.39 is 4.92 Å². The summed E-state index contributed by atoms with van der Waals surface area (Å²) in [4.78, 5) is 28.7. The van der Waals surface area contributed by atoms with Gasteiger partial charge in [0.25, 0.3) is 5.91 Å². The number of amides is 1. The number of aliphatic imine (C=N–C) groups is 1. The molecule has 2 aromatic carbocycles. The molecule has 1 N–H and O–H groups in total. The van der Waals surface area contributed by atoms with Crippen LogP contribution < -0.4 is 10.1 Å². The van der Waals surface area contributed by atoms with Crippen LogP contribution in [-0.2, 0) is 17.8 Å². The maximum atomic E-state index is 12.6. The maximum Gasteiger partial charge on any atom is 0.312 e. The van der Waals surface area contributed by atoms with Crippen LogP contribution in [-0.4, -0.2) is 32.9 Å². The third-order valence-corrected chi connectivity index (χ3v) is 6.60. The molecule has 10 heteroatoms. The molecule has 1 aromatic heterocycles. The number of hydrogen-bond donors (Lipinski definition) is 1. The van der Waals surface area contributed by atoms with Crippen molar-refractivity contribution in [2.45, 2.75) is 33.7 Å². The Balaban J connectivity index is 1.62. The molecule has 1 fully saturated rings. The highest BCUT2D eigenvalue weighted by molar-refractivity contribution is 8.18. The molecular formula is C25H25N5O4S. The Morgan fingerprint density at radius 1 is 1.23 bits per heavy atom. The van der Waals surface area contributed by atoms with Gasteiger partial charge in [-0.1, -0.05) is 31.2 Å². The van der Waals surface area contributed by atoms with Crippen LogP contribution in [0.2, 0.25) is 0 Å². The quantitative estimate of drug-likeness (QED) is 0.285. The molecule has 1 aliphatic rings. The first-order valence-electron chi connectivity index (χ1n) is 11.0. The zero-order valence-electron chi connectivity index (χ0n) is 19.9. The summed E-state index contributed by atoms with van der Waals surface area (Å²) in [6.45, 7) is 5.65. The number of ether oxygens (including phenoxy) is 1. The predicted octanol–water partition coefficient (Wildman–Crippen LogP) is 4.92. The number of hydrogen-bond acceptors (Lipinski definition) is 7. The van der Waals surface area contributed by atoms with Crippen LogP contribution in [0.5, 0.6) is 5.75 Å². The molecule has 4 rings (SSSR count). The van der Waals surface area contributed by atoms with E-state index in [0.29, 0.717) is 33.8 Å². The number of nitro groups is 1. The summed E-state index contributed by atoms with van der Waals surface area (Å²) in [5.74, 6) is 0.415. The van der Waals surface area contributed by atoms with Crippen molar-refractivity contribution in [2.75, 3.05) is 7.11 Å². The van der Waals surface area contributed by atoms with Crippen molar-refractivity contribution in [3.05, 3.63) is 85.6 Å². The van der Waals surface area contributed by atoms with E-state index in [0.717, 1.165) is 28.8 Å². The molecular weight excluding hydrogens is 466 g/mol. The summed E-state index contributed by atoms with van der Waals surface area (Å²) in [7, 11) is 1.57. The molecule has 0 bridgehead atoms. The van der Waals surface area contributed by atoms with Crippen LogP contribution in [0.1, 0.15) is 35.0 Å². The fraction of sp³-hybridized carbons (Fsp3) is 0.240. The number of carbonyl (C=O) groups is 1. The molecule has 0 unspecified atom stereocenters. The molecule has 0 spiro atoms. The first-order chi connectivity index (χ1) is 16.8. The van der Waals surface area contributed by atoms with E-state index in [4.69, 9.17) is 4.74 Å². The zero-order valence-corrected chi connectivity index (χ0v) is 20.7. The summed E-state index contributed by atoms with van der Waals surface area (Å²) in [6, 6.07) is 13.4. The van der Waals surface area contributed by atoms with E-state index in [2.05, 4.69) is 22.3 Å². The van der Waals surface area contributed by atoms with Crippen LogP contribution >= 0.6 is 11.8 Å². The van der Waals surface area contributed by atoms with Crippen molar-refractivity contribution in [2.24, 2.45) is 4.99 Å². The summed E-state index contributed by atoms with van der Waals surface area (Å²) >= 11 is 1.29. The molecule has 0 saturated carbocycles. The monoisotopic (exact) mass is 491 g/mol. The average Bonchev–Trinajstić information content (AvgIpc) is 3.31. The Hall–Kier alpha value is -3.92. The third-order valence-electron chi connectivity index (χ3n) is 5.69. The zero-order chi connectivity index (χ0) is 25.1. The Morgan fingerprint density at radius 2 is 2.00 bits per heavy atom. The highest BCUT2D eigenvalue weighted by Crippen LogP contribution is 2.31. The van der Waals surface area contributed by atoms with Crippen molar-refractivity contribution in [1.82, 2.24) is 15.1 Å². The van der Waals surface area contributed by atoms with E-state index >= 15 is 0 Å². The van der Waals surface area contributed by atoms with Gasteiger partial charge in [-0.15, -0.1) is 0 Å². The average molecular weight is 492 g/mol. The van der Waals surface area contributed by atoms with Crippen LogP contribution in [0, 0.1) is 24.0 Å². The molecule has 0 aliphatic carbocycles. The number of benzene rings is 2. The molecule has 2 heterocycles. The van der Waals surface area contributed by atoms with Gasteiger partial charge in [0.05, 0.1) is 29.2 Å². The van der Waals surface area contributed by atoms with E-state index in [1.165, 1.54) is 11.8 Å². The highest BCUT2D eigenvalue weighted by Gasteiger charge is 2.25. The maximum absolute atomic E-state index is 12.6. The lowest BCUT2D eigenvalue weighted by Gasteiger charge is -2.11. The largest absolute Gasteiger partial charge is 0.496 e. The van der Waals surface area contributed by atoms with Crippen LogP contribution in [0.4, 0.5) is 11.4 Å². The predicted molar refractivity (Wildman–Crippen MR) is 137 cm³/mol. The Morgan fingerprint density at radius 3 is 2.69 bits per heavy atom. The van der Waals surface area contributed by atoms with Crippen LogP contribution in [0.25, 0.3) is 6.08 Å². The van der Waals surface area contributed by atoms with Gasteiger partial charge >= 0.3 is 5.69 Å². The minimum absolute atomic E-state index is 0.0118. The van der Waals surface area contributed by atoms with Crippen LogP contribution in [0.3, 0.4) is 0 Å². The number of carbonyl (C=O) groups excluding carboxylic acids is 1. The summed E-state index contributed by atoms with van der Waals surface area (Å²) in [6.07, 6.45) is 2.64. The van der Waals surface area contributed by atoms with Gasteiger partial charge in [-0.05, 0) is 67.4 Å². The number of rotatable bonds is 7. The van der Waals surface area contributed by atoms with Crippen molar-refractivity contribution in [3.63, 3.8) is 0 Å². The van der Waals surface area contributed by atoms with Gasteiger partial charge in [-0.25, -0.2) is 4.99 Å². The van der Waals surface area contributed by atoms with Gasteiger partial charge in [-0.3, -0.25) is 19.6 Å². The minimum atomic E-state index is -0.416. The first kappa shape index (κ1) is 24.2. The molecule has 35 heavy (non-hydrogen) atoms. The van der Waals surface area contributed by atoms with Gasteiger partial charge in [0.1, 0.15) is 17.1 Å². The van der Waals surface area contributed by atoms with Gasteiger partial charge in [0.2, 0.25) is 0 Å². The highest BCUT2D eigenvalue weighted by atomic mass is 32.2. The van der Waals surface area contributed by atoms with Crippen molar-refractivity contribution >= 4 is 40.3 Å². The number of methoxy groups -OCH3 is 1. The molecule has 1 aliphatic heterocycles. The Bertz CT molecular complexity index is 1380. The Labute approximate surface area is 207 Å². The van der Waals surface area contributed by atoms with E-state index in [9.17, 15) is 14.9 Å². The van der Waals surface area contributed by atoms with Crippen molar-refractivity contribution < 1.29 is 14.5 Å². The second kappa shape index (κ2) is 10.1. The smallest absolute Gasteiger partial charge is 0.312 e. The fourth-order valence-corrected chi connectivity index (χ4v) is 4.77. The van der Waals surface area contributed by atoms with Gasteiger partial charge in [0.15, 0.2) is 5.17 Å². The molecule has 3 aromatic rings. The van der Waals surface area contributed by atoms with E-state index in [1.54, 1.807) is 31.7 Å². The van der Waals surface area contributed by atoms with Crippen molar-refractivity contribution in [1.29, 1.82) is 0 Å². The lowest BCUT2D eigenvalue weighted by atomic mass is 10.1. The van der Waals surface area contributed by atoms with Crippen molar-refractivity contribution in [3.8, 4) is 5.75 Å². The number of amidine groups is 1. The lowest BCUT2D eigenvalue weighted by molar-refractivity contribution is -0.386. The number of thioether (sulfide) groups is 1. The topological polar surface area (TPSA) is 112 Å². The molecule has 0 radical (unpaired) electrons. The lowest BCUT2D eigenvalue weighted by Crippen LogP contribution is -2.19.